The predicted octanol–water partition coefficient (Wildman–Crippen LogP) is 0.886. The smallest absolute Gasteiger partial charge is 0.0111 e. The molecule has 90 valence electrons. The lowest BCUT2D eigenvalue weighted by Crippen LogP contribution is -2.47. The standard InChI is InChI=1S/C12H27N3/c1-9(2)11(8-13)12(14)10-4-6-15(3)7-5-10/h9-12H,4-8,13-14H2,1-3H3. The molecule has 0 amide bonds. The van der Waals surface area contributed by atoms with Gasteiger partial charge in [0.15, 0.2) is 0 Å². The number of hydrogen-bond acceptors (Lipinski definition) is 3. The summed E-state index contributed by atoms with van der Waals surface area (Å²) < 4.78 is 0. The zero-order valence-electron chi connectivity index (χ0n) is 10.4. The molecule has 0 aromatic heterocycles. The Hall–Kier alpha value is -0.120. The van der Waals surface area contributed by atoms with Crippen LogP contribution in [0.2, 0.25) is 0 Å². The molecule has 0 spiro atoms. The number of nitrogens with two attached hydrogens (primary N) is 2. The molecular weight excluding hydrogens is 186 g/mol. The van der Waals surface area contributed by atoms with Crippen LogP contribution in [0.4, 0.5) is 0 Å². The van der Waals surface area contributed by atoms with Crippen molar-refractivity contribution < 1.29 is 0 Å². The molecule has 1 fully saturated rings. The summed E-state index contributed by atoms with van der Waals surface area (Å²) in [5, 5.41) is 0. The summed E-state index contributed by atoms with van der Waals surface area (Å²) in [4.78, 5) is 2.38. The van der Waals surface area contributed by atoms with Crippen LogP contribution < -0.4 is 11.5 Å². The third-order valence-electron chi connectivity index (χ3n) is 3.93. The van der Waals surface area contributed by atoms with Crippen molar-refractivity contribution in [3.63, 3.8) is 0 Å². The van der Waals surface area contributed by atoms with E-state index >= 15 is 0 Å². The van der Waals surface area contributed by atoms with E-state index in [1.807, 2.05) is 0 Å². The van der Waals surface area contributed by atoms with Gasteiger partial charge >= 0.3 is 0 Å². The van der Waals surface area contributed by atoms with E-state index in [1.165, 1.54) is 25.9 Å². The van der Waals surface area contributed by atoms with Crippen molar-refractivity contribution in [2.24, 2.45) is 29.2 Å². The maximum absolute atomic E-state index is 6.35. The molecule has 2 unspecified atom stereocenters. The number of piperidine rings is 1. The summed E-state index contributed by atoms with van der Waals surface area (Å²) in [7, 11) is 2.19. The van der Waals surface area contributed by atoms with Crippen LogP contribution in [0, 0.1) is 17.8 Å². The summed E-state index contributed by atoms with van der Waals surface area (Å²) >= 11 is 0. The van der Waals surface area contributed by atoms with Crippen molar-refractivity contribution >= 4 is 0 Å². The van der Waals surface area contributed by atoms with E-state index in [0.29, 0.717) is 23.8 Å². The van der Waals surface area contributed by atoms with Gasteiger partial charge in [-0.3, -0.25) is 0 Å². The van der Waals surface area contributed by atoms with E-state index in [2.05, 4.69) is 25.8 Å². The molecule has 3 nitrogen and oxygen atoms in total. The van der Waals surface area contributed by atoms with Crippen LogP contribution >= 0.6 is 0 Å². The van der Waals surface area contributed by atoms with Gasteiger partial charge in [0.2, 0.25) is 0 Å². The number of likely N-dealkylation sites (tertiary alicyclic amines) is 1. The highest BCUT2D eigenvalue weighted by Gasteiger charge is 2.29. The number of hydrogen-bond donors (Lipinski definition) is 2. The third kappa shape index (κ3) is 3.44. The second-order valence-corrected chi connectivity index (χ2v) is 5.36. The molecule has 1 aliphatic heterocycles. The molecule has 2 atom stereocenters. The van der Waals surface area contributed by atoms with Gasteiger partial charge in [0, 0.05) is 6.04 Å². The molecule has 15 heavy (non-hydrogen) atoms. The maximum Gasteiger partial charge on any atom is 0.0111 e. The van der Waals surface area contributed by atoms with Gasteiger partial charge in [0.1, 0.15) is 0 Å². The third-order valence-corrected chi connectivity index (χ3v) is 3.93. The van der Waals surface area contributed by atoms with Crippen LogP contribution in [0.3, 0.4) is 0 Å². The van der Waals surface area contributed by atoms with Crippen LogP contribution in [0.5, 0.6) is 0 Å². The van der Waals surface area contributed by atoms with Crippen LogP contribution in [0.15, 0.2) is 0 Å². The minimum absolute atomic E-state index is 0.295. The summed E-state index contributed by atoms with van der Waals surface area (Å²) in [6.07, 6.45) is 2.47. The topological polar surface area (TPSA) is 55.3 Å². The largest absolute Gasteiger partial charge is 0.330 e. The van der Waals surface area contributed by atoms with E-state index in [1.54, 1.807) is 0 Å². The molecule has 0 aromatic carbocycles. The lowest BCUT2D eigenvalue weighted by molar-refractivity contribution is 0.159. The average Bonchev–Trinajstić information content (AvgIpc) is 2.19. The normalized spacial score (nSPS) is 24.4. The van der Waals surface area contributed by atoms with Crippen molar-refractivity contribution in [3.05, 3.63) is 0 Å². The second kappa shape index (κ2) is 5.83. The lowest BCUT2D eigenvalue weighted by atomic mass is 9.78. The Morgan fingerprint density at radius 3 is 2.20 bits per heavy atom. The van der Waals surface area contributed by atoms with Gasteiger partial charge in [-0.2, -0.15) is 0 Å². The van der Waals surface area contributed by atoms with Gasteiger partial charge in [0.05, 0.1) is 0 Å². The van der Waals surface area contributed by atoms with Crippen molar-refractivity contribution in [1.29, 1.82) is 0 Å². The molecule has 1 saturated heterocycles. The minimum atomic E-state index is 0.295. The average molecular weight is 213 g/mol. The second-order valence-electron chi connectivity index (χ2n) is 5.36. The Kier molecular flexibility index (Phi) is 5.03. The molecule has 0 radical (unpaired) electrons. The van der Waals surface area contributed by atoms with Gasteiger partial charge < -0.3 is 16.4 Å². The van der Waals surface area contributed by atoms with Gasteiger partial charge in [-0.15, -0.1) is 0 Å². The first-order valence-corrected chi connectivity index (χ1v) is 6.20. The first-order chi connectivity index (χ1) is 7.06. The fourth-order valence-electron chi connectivity index (χ4n) is 2.64. The molecule has 0 aromatic rings. The highest BCUT2D eigenvalue weighted by atomic mass is 15.1. The molecule has 4 N–H and O–H groups in total. The molecule has 1 heterocycles. The fourth-order valence-corrected chi connectivity index (χ4v) is 2.64. The molecule has 1 aliphatic rings. The molecule has 0 bridgehead atoms. The van der Waals surface area contributed by atoms with E-state index < -0.39 is 0 Å². The molecular formula is C12H27N3. The Morgan fingerprint density at radius 2 is 1.80 bits per heavy atom. The first-order valence-electron chi connectivity index (χ1n) is 6.20. The van der Waals surface area contributed by atoms with Crippen LogP contribution in [0.1, 0.15) is 26.7 Å². The molecule has 1 rings (SSSR count). The van der Waals surface area contributed by atoms with Crippen LogP contribution in [0.25, 0.3) is 0 Å². The number of rotatable bonds is 4. The van der Waals surface area contributed by atoms with Crippen molar-refractivity contribution in [1.82, 2.24) is 4.90 Å². The highest BCUT2D eigenvalue weighted by molar-refractivity contribution is 4.85. The van der Waals surface area contributed by atoms with E-state index in [4.69, 9.17) is 11.5 Å². The quantitative estimate of drug-likeness (QED) is 0.729. The summed E-state index contributed by atoms with van der Waals surface area (Å²) in [6, 6.07) is 0.295. The monoisotopic (exact) mass is 213 g/mol. The van der Waals surface area contributed by atoms with Crippen LogP contribution in [-0.2, 0) is 0 Å². The van der Waals surface area contributed by atoms with Gasteiger partial charge in [0.25, 0.3) is 0 Å². The zero-order valence-corrected chi connectivity index (χ0v) is 10.4. The van der Waals surface area contributed by atoms with Crippen molar-refractivity contribution in [2.75, 3.05) is 26.7 Å². The minimum Gasteiger partial charge on any atom is -0.330 e. The van der Waals surface area contributed by atoms with Gasteiger partial charge in [-0.25, -0.2) is 0 Å². The van der Waals surface area contributed by atoms with E-state index in [9.17, 15) is 0 Å². The lowest BCUT2D eigenvalue weighted by Gasteiger charge is -2.37. The fraction of sp³-hybridized carbons (Fsp3) is 1.00. The summed E-state index contributed by atoms with van der Waals surface area (Å²) in [6.45, 7) is 7.56. The van der Waals surface area contributed by atoms with Gasteiger partial charge in [-0.1, -0.05) is 13.8 Å². The first kappa shape index (κ1) is 12.9. The maximum atomic E-state index is 6.35. The Labute approximate surface area is 94.2 Å². The van der Waals surface area contributed by atoms with E-state index in [-0.39, 0.29) is 0 Å². The van der Waals surface area contributed by atoms with E-state index in [0.717, 1.165) is 6.54 Å². The molecule has 3 heteroatoms. The van der Waals surface area contributed by atoms with Gasteiger partial charge in [-0.05, 0) is 57.3 Å². The Morgan fingerprint density at radius 1 is 1.27 bits per heavy atom. The summed E-state index contributed by atoms with van der Waals surface area (Å²) in [5.41, 5.74) is 12.2. The zero-order chi connectivity index (χ0) is 11.4. The highest BCUT2D eigenvalue weighted by Crippen LogP contribution is 2.26. The predicted molar refractivity (Wildman–Crippen MR) is 65.6 cm³/mol. The SMILES string of the molecule is CC(C)C(CN)C(N)C1CCN(C)CC1. The van der Waals surface area contributed by atoms with Crippen LogP contribution in [-0.4, -0.2) is 37.6 Å². The Bertz CT molecular complexity index is 174. The molecule has 0 aliphatic carbocycles. The van der Waals surface area contributed by atoms with Crippen molar-refractivity contribution in [2.45, 2.75) is 32.7 Å². The van der Waals surface area contributed by atoms with Crippen molar-refractivity contribution in [3.8, 4) is 0 Å². The number of nitrogens with zero attached hydrogens (tertiary/aromatic N) is 1. The molecule has 0 saturated carbocycles. The summed E-state index contributed by atoms with van der Waals surface area (Å²) in [5.74, 6) is 1.76. The Balaban J connectivity index is 2.47.